The van der Waals surface area contributed by atoms with Crippen LogP contribution in [-0.4, -0.2) is 44.0 Å². The van der Waals surface area contributed by atoms with Crippen molar-refractivity contribution in [3.63, 3.8) is 0 Å². The quantitative estimate of drug-likeness (QED) is 0.670. The summed E-state index contributed by atoms with van der Waals surface area (Å²) in [5.41, 5.74) is -0.661. The largest absolute Gasteiger partial charge is 0.480 e. The van der Waals surface area contributed by atoms with Gasteiger partial charge in [-0.1, -0.05) is 0 Å². The van der Waals surface area contributed by atoms with E-state index in [0.717, 1.165) is 6.92 Å². The Labute approximate surface area is 89.7 Å². The van der Waals surface area contributed by atoms with Crippen LogP contribution in [0.4, 0.5) is 0 Å². The molecule has 0 saturated heterocycles. The number of carboxylic acids is 1. The van der Waals surface area contributed by atoms with E-state index in [-0.39, 0.29) is 6.54 Å². The van der Waals surface area contributed by atoms with E-state index in [2.05, 4.69) is 4.72 Å². The summed E-state index contributed by atoms with van der Waals surface area (Å²) in [4.78, 5) is 10.5. The van der Waals surface area contributed by atoms with Crippen LogP contribution in [0.5, 0.6) is 0 Å². The molecule has 0 aromatic rings. The second-order valence-corrected chi connectivity index (χ2v) is 5.90. The molecule has 1 unspecified atom stereocenters. The molecule has 0 rings (SSSR count). The van der Waals surface area contributed by atoms with Gasteiger partial charge in [-0.05, 0) is 20.8 Å². The molecule has 0 radical (unpaired) electrons. The number of hydrogen-bond acceptors (Lipinski definition) is 4. The fraction of sp³-hybridized carbons (Fsp3) is 0.875. The predicted octanol–water partition coefficient (Wildman–Crippen LogP) is -0.196. The van der Waals surface area contributed by atoms with Crippen LogP contribution in [0.15, 0.2) is 0 Å². The summed E-state index contributed by atoms with van der Waals surface area (Å²) < 4.78 is 30.0. The van der Waals surface area contributed by atoms with Crippen LogP contribution < -0.4 is 4.72 Å². The Bertz CT molecular complexity index is 322. The molecular weight excluding hydrogens is 222 g/mol. The minimum absolute atomic E-state index is 0.0312. The lowest BCUT2D eigenvalue weighted by Gasteiger charge is -2.23. The monoisotopic (exact) mass is 239 g/mol. The number of rotatable bonds is 6. The van der Waals surface area contributed by atoms with E-state index in [1.54, 1.807) is 13.8 Å². The van der Waals surface area contributed by atoms with Gasteiger partial charge in [0.05, 0.1) is 5.60 Å². The third kappa shape index (κ3) is 4.59. The number of hydrogen-bond donors (Lipinski definition) is 2. The maximum atomic E-state index is 11.4. The van der Waals surface area contributed by atoms with Crippen molar-refractivity contribution in [2.45, 2.75) is 31.6 Å². The van der Waals surface area contributed by atoms with Crippen molar-refractivity contribution in [2.75, 3.05) is 13.7 Å². The summed E-state index contributed by atoms with van der Waals surface area (Å²) in [5, 5.41) is 7.09. The number of sulfonamides is 1. The fourth-order valence-corrected chi connectivity index (χ4v) is 1.67. The van der Waals surface area contributed by atoms with Crippen LogP contribution in [0.25, 0.3) is 0 Å². The van der Waals surface area contributed by atoms with Gasteiger partial charge in [-0.3, -0.25) is 4.79 Å². The highest BCUT2D eigenvalue weighted by atomic mass is 32.2. The van der Waals surface area contributed by atoms with Gasteiger partial charge in [0.15, 0.2) is 5.25 Å². The lowest BCUT2D eigenvalue weighted by Crippen LogP contribution is -2.44. The molecule has 0 saturated carbocycles. The van der Waals surface area contributed by atoms with Gasteiger partial charge in [-0.25, -0.2) is 13.1 Å². The number of carboxylic acid groups (broad SMARTS) is 1. The molecule has 0 amide bonds. The number of carbonyl (C=O) groups is 1. The fourth-order valence-electron chi connectivity index (χ4n) is 0.604. The molecule has 0 aromatic heterocycles. The summed E-state index contributed by atoms with van der Waals surface area (Å²) in [6.45, 7) is 4.54. The predicted molar refractivity (Wildman–Crippen MR) is 55.1 cm³/mol. The highest BCUT2D eigenvalue weighted by molar-refractivity contribution is 7.90. The molecule has 0 aliphatic heterocycles. The van der Waals surface area contributed by atoms with Crippen LogP contribution in [-0.2, 0) is 19.6 Å². The normalized spacial score (nSPS) is 14.9. The summed E-state index contributed by atoms with van der Waals surface area (Å²) in [6.07, 6.45) is 0. The van der Waals surface area contributed by atoms with Gasteiger partial charge in [0.2, 0.25) is 10.0 Å². The van der Waals surface area contributed by atoms with E-state index in [9.17, 15) is 13.2 Å². The summed E-state index contributed by atoms with van der Waals surface area (Å²) in [6, 6.07) is 0. The average Bonchev–Trinajstić information content (AvgIpc) is 2.14. The second-order valence-electron chi connectivity index (χ2n) is 3.81. The van der Waals surface area contributed by atoms with Gasteiger partial charge in [-0.15, -0.1) is 0 Å². The molecule has 15 heavy (non-hydrogen) atoms. The second kappa shape index (κ2) is 4.91. The molecule has 7 heteroatoms. The van der Waals surface area contributed by atoms with E-state index in [4.69, 9.17) is 9.84 Å². The van der Waals surface area contributed by atoms with Gasteiger partial charge in [-0.2, -0.15) is 0 Å². The van der Waals surface area contributed by atoms with Gasteiger partial charge in [0, 0.05) is 13.7 Å². The van der Waals surface area contributed by atoms with Crippen molar-refractivity contribution in [1.82, 2.24) is 4.72 Å². The molecule has 0 heterocycles. The van der Waals surface area contributed by atoms with Crippen molar-refractivity contribution < 1.29 is 23.1 Å². The van der Waals surface area contributed by atoms with Gasteiger partial charge in [0.1, 0.15) is 0 Å². The minimum Gasteiger partial charge on any atom is -0.480 e. The maximum Gasteiger partial charge on any atom is 0.323 e. The Kier molecular flexibility index (Phi) is 4.69. The third-order valence-electron chi connectivity index (χ3n) is 2.06. The molecule has 0 spiro atoms. The third-order valence-corrected chi connectivity index (χ3v) is 3.74. The first-order valence-electron chi connectivity index (χ1n) is 4.39. The van der Waals surface area contributed by atoms with Crippen molar-refractivity contribution >= 4 is 16.0 Å². The molecule has 90 valence electrons. The van der Waals surface area contributed by atoms with Crippen molar-refractivity contribution in [3.8, 4) is 0 Å². The summed E-state index contributed by atoms with van der Waals surface area (Å²) in [5.74, 6) is -1.38. The molecular formula is C8H17NO5S. The SMILES string of the molecule is COC(C)(C)CNS(=O)(=O)C(C)C(=O)O. The molecule has 1 atom stereocenters. The van der Waals surface area contributed by atoms with Crippen molar-refractivity contribution in [1.29, 1.82) is 0 Å². The Balaban J connectivity index is 4.48. The highest BCUT2D eigenvalue weighted by Crippen LogP contribution is 2.07. The lowest BCUT2D eigenvalue weighted by molar-refractivity contribution is -0.136. The van der Waals surface area contributed by atoms with Crippen molar-refractivity contribution in [3.05, 3.63) is 0 Å². The van der Waals surface area contributed by atoms with Crippen LogP contribution in [0.3, 0.4) is 0 Å². The van der Waals surface area contributed by atoms with Gasteiger partial charge < -0.3 is 9.84 Å². The molecule has 0 bridgehead atoms. The molecule has 2 N–H and O–H groups in total. The maximum absolute atomic E-state index is 11.4. The molecule has 0 fully saturated rings. The smallest absolute Gasteiger partial charge is 0.323 e. The first-order valence-corrected chi connectivity index (χ1v) is 5.93. The average molecular weight is 239 g/mol. The minimum atomic E-state index is -3.83. The Morgan fingerprint density at radius 1 is 1.53 bits per heavy atom. The molecule has 6 nitrogen and oxygen atoms in total. The van der Waals surface area contributed by atoms with Gasteiger partial charge in [0.25, 0.3) is 0 Å². The van der Waals surface area contributed by atoms with Crippen LogP contribution in [0.2, 0.25) is 0 Å². The number of methoxy groups -OCH3 is 1. The lowest BCUT2D eigenvalue weighted by atomic mass is 10.1. The first kappa shape index (κ1) is 14.3. The number of nitrogens with one attached hydrogen (secondary N) is 1. The van der Waals surface area contributed by atoms with Crippen LogP contribution in [0, 0.1) is 0 Å². The van der Waals surface area contributed by atoms with E-state index in [1.165, 1.54) is 7.11 Å². The highest BCUT2D eigenvalue weighted by Gasteiger charge is 2.29. The van der Waals surface area contributed by atoms with E-state index in [1.807, 2.05) is 0 Å². The number of aliphatic carboxylic acids is 1. The van der Waals surface area contributed by atoms with Crippen LogP contribution >= 0.6 is 0 Å². The molecule has 0 aliphatic rings. The zero-order chi connectivity index (χ0) is 12.3. The van der Waals surface area contributed by atoms with E-state index >= 15 is 0 Å². The Morgan fingerprint density at radius 2 is 2.00 bits per heavy atom. The molecule has 0 aliphatic carbocycles. The Hall–Kier alpha value is -0.660. The van der Waals surface area contributed by atoms with Crippen molar-refractivity contribution in [2.24, 2.45) is 0 Å². The van der Waals surface area contributed by atoms with E-state index in [0.29, 0.717) is 0 Å². The zero-order valence-corrected chi connectivity index (χ0v) is 10.1. The van der Waals surface area contributed by atoms with Gasteiger partial charge >= 0.3 is 5.97 Å². The Morgan fingerprint density at radius 3 is 2.33 bits per heavy atom. The van der Waals surface area contributed by atoms with E-state index < -0.39 is 26.8 Å². The van der Waals surface area contributed by atoms with Crippen LogP contribution in [0.1, 0.15) is 20.8 Å². The topological polar surface area (TPSA) is 92.7 Å². The molecule has 0 aromatic carbocycles. The summed E-state index contributed by atoms with van der Waals surface area (Å²) in [7, 11) is -2.38. The number of ether oxygens (including phenoxy) is 1. The summed E-state index contributed by atoms with van der Waals surface area (Å²) >= 11 is 0. The zero-order valence-electron chi connectivity index (χ0n) is 9.27. The standard InChI is InChI=1S/C8H17NO5S/c1-6(7(10)11)15(12,13)9-5-8(2,3)14-4/h6,9H,5H2,1-4H3,(H,10,11). The first-order chi connectivity index (χ1) is 6.62.